The summed E-state index contributed by atoms with van der Waals surface area (Å²) in [5.41, 5.74) is 2.01. The molecule has 2 aromatic carbocycles. The van der Waals surface area contributed by atoms with Crippen LogP contribution in [0.4, 0.5) is 14.5 Å². The van der Waals surface area contributed by atoms with Gasteiger partial charge in [0.05, 0.1) is 22.3 Å². The molecule has 4 aromatic rings. The first-order valence-electron chi connectivity index (χ1n) is 8.99. The number of aromatic nitrogens is 3. The second-order valence-electron chi connectivity index (χ2n) is 6.63. The highest BCUT2D eigenvalue weighted by Crippen LogP contribution is 2.36. The van der Waals surface area contributed by atoms with Gasteiger partial charge >= 0.3 is 0 Å². The predicted molar refractivity (Wildman–Crippen MR) is 111 cm³/mol. The summed E-state index contributed by atoms with van der Waals surface area (Å²) in [6.07, 6.45) is 4.18. The lowest BCUT2D eigenvalue weighted by molar-refractivity contribution is 0.600. The zero-order chi connectivity index (χ0) is 21.3. The van der Waals surface area contributed by atoms with Crippen molar-refractivity contribution >= 4 is 28.2 Å². The molecular weight excluding hydrogens is 408 g/mol. The molecule has 0 saturated carbocycles. The molecular formula is C22H14ClF2N5. The van der Waals surface area contributed by atoms with Crippen LogP contribution in [-0.4, -0.2) is 15.0 Å². The molecule has 1 atom stereocenters. The maximum atomic E-state index is 14.7. The molecule has 5 nitrogen and oxygen atoms in total. The molecule has 8 heteroatoms. The minimum Gasteiger partial charge on any atom is -0.377 e. The number of nitriles is 1. The molecule has 0 saturated heterocycles. The van der Waals surface area contributed by atoms with E-state index >= 15 is 0 Å². The first kappa shape index (κ1) is 19.7. The molecule has 0 fully saturated rings. The number of hydrogen-bond donors (Lipinski definition) is 1. The number of pyridine rings is 1. The van der Waals surface area contributed by atoms with Crippen LogP contribution in [0.5, 0.6) is 0 Å². The van der Waals surface area contributed by atoms with E-state index in [1.807, 2.05) is 6.07 Å². The number of hydrogen-bond acceptors (Lipinski definition) is 5. The highest BCUT2D eigenvalue weighted by molar-refractivity contribution is 6.34. The SMILES string of the molecule is CC(Nc1c(Cl)cnc2cc(F)c(-c3cnc(C#N)nc3)cc12)c1ccccc1F. The van der Waals surface area contributed by atoms with Crippen molar-refractivity contribution in [3.63, 3.8) is 0 Å². The highest BCUT2D eigenvalue weighted by Gasteiger charge is 2.17. The Morgan fingerprint density at radius 3 is 2.47 bits per heavy atom. The minimum atomic E-state index is -0.515. The smallest absolute Gasteiger partial charge is 0.232 e. The third-order valence-corrected chi connectivity index (χ3v) is 4.99. The van der Waals surface area contributed by atoms with Crippen LogP contribution < -0.4 is 5.32 Å². The number of anilines is 1. The first-order valence-corrected chi connectivity index (χ1v) is 9.37. The van der Waals surface area contributed by atoms with E-state index in [-0.39, 0.29) is 17.2 Å². The molecule has 0 aliphatic rings. The number of nitrogens with zero attached hydrogens (tertiary/aromatic N) is 4. The molecule has 0 aliphatic carbocycles. The van der Waals surface area contributed by atoms with Gasteiger partial charge in [0.25, 0.3) is 0 Å². The van der Waals surface area contributed by atoms with E-state index in [2.05, 4.69) is 20.3 Å². The van der Waals surface area contributed by atoms with Crippen molar-refractivity contribution in [2.24, 2.45) is 0 Å². The van der Waals surface area contributed by atoms with Gasteiger partial charge in [-0.1, -0.05) is 29.8 Å². The molecule has 1 unspecified atom stereocenters. The average Bonchev–Trinajstić information content (AvgIpc) is 2.76. The maximum Gasteiger partial charge on any atom is 0.232 e. The molecule has 2 heterocycles. The van der Waals surface area contributed by atoms with Gasteiger partial charge in [-0.05, 0) is 19.1 Å². The van der Waals surface area contributed by atoms with Gasteiger partial charge in [-0.15, -0.1) is 0 Å². The summed E-state index contributed by atoms with van der Waals surface area (Å²) in [6.45, 7) is 1.81. The van der Waals surface area contributed by atoms with Crippen LogP contribution in [0.1, 0.15) is 24.4 Å². The van der Waals surface area contributed by atoms with E-state index in [1.165, 1.54) is 30.7 Å². The normalized spacial score (nSPS) is 11.8. The molecule has 0 aliphatic heterocycles. The highest BCUT2D eigenvalue weighted by atomic mass is 35.5. The standard InChI is InChI=1S/C22H14ClF2N5/c1-12(14-4-2-3-5-18(14)24)30-22-16-6-15(13-9-28-21(8-26)29-10-13)19(25)7-20(16)27-11-17(22)23/h2-7,9-12H,1H3,(H,27,30). The maximum absolute atomic E-state index is 14.7. The van der Waals surface area contributed by atoms with Crippen molar-refractivity contribution in [3.05, 3.63) is 83.0 Å². The van der Waals surface area contributed by atoms with Gasteiger partial charge in [-0.3, -0.25) is 4.98 Å². The molecule has 148 valence electrons. The lowest BCUT2D eigenvalue weighted by Crippen LogP contribution is -2.09. The van der Waals surface area contributed by atoms with Crippen LogP contribution >= 0.6 is 11.6 Å². The Morgan fingerprint density at radius 2 is 1.77 bits per heavy atom. The van der Waals surface area contributed by atoms with E-state index in [4.69, 9.17) is 16.9 Å². The Kier molecular flexibility index (Phi) is 5.25. The van der Waals surface area contributed by atoms with E-state index in [0.29, 0.717) is 32.7 Å². The van der Waals surface area contributed by atoms with Gasteiger partial charge in [0, 0.05) is 46.7 Å². The summed E-state index contributed by atoms with van der Waals surface area (Å²) in [7, 11) is 0. The summed E-state index contributed by atoms with van der Waals surface area (Å²) in [5.74, 6) is -0.863. The van der Waals surface area contributed by atoms with E-state index in [0.717, 1.165) is 0 Å². The summed E-state index contributed by atoms with van der Waals surface area (Å²) in [5, 5.41) is 13.0. The van der Waals surface area contributed by atoms with E-state index in [9.17, 15) is 8.78 Å². The predicted octanol–water partition coefficient (Wildman–Crippen LogP) is 5.67. The largest absolute Gasteiger partial charge is 0.377 e. The van der Waals surface area contributed by atoms with Gasteiger partial charge in [-0.2, -0.15) is 5.26 Å². The Bertz CT molecular complexity index is 1290. The van der Waals surface area contributed by atoms with Crippen LogP contribution in [0.25, 0.3) is 22.0 Å². The molecule has 2 aromatic heterocycles. The van der Waals surface area contributed by atoms with Crippen molar-refractivity contribution in [1.82, 2.24) is 15.0 Å². The van der Waals surface area contributed by atoms with Crippen LogP contribution in [0, 0.1) is 23.0 Å². The Morgan fingerprint density at radius 1 is 1.03 bits per heavy atom. The fourth-order valence-corrected chi connectivity index (χ4v) is 3.41. The lowest BCUT2D eigenvalue weighted by atomic mass is 10.0. The summed E-state index contributed by atoms with van der Waals surface area (Å²) >= 11 is 6.38. The Hall–Kier alpha value is -3.63. The van der Waals surface area contributed by atoms with Gasteiger partial charge in [0.1, 0.15) is 17.7 Å². The number of benzene rings is 2. The number of rotatable bonds is 4. The van der Waals surface area contributed by atoms with Crippen molar-refractivity contribution in [3.8, 4) is 17.2 Å². The third-order valence-electron chi connectivity index (χ3n) is 4.71. The number of fused-ring (bicyclic) bond motifs is 1. The van der Waals surface area contributed by atoms with Crippen LogP contribution in [0.3, 0.4) is 0 Å². The fraction of sp³-hybridized carbons (Fsp3) is 0.0909. The quantitative estimate of drug-likeness (QED) is 0.459. The van der Waals surface area contributed by atoms with Crippen molar-refractivity contribution in [2.75, 3.05) is 5.32 Å². The minimum absolute atomic E-state index is 0.00859. The molecule has 0 amide bonds. The molecule has 1 N–H and O–H groups in total. The van der Waals surface area contributed by atoms with Gasteiger partial charge in [0.2, 0.25) is 5.82 Å². The second kappa shape index (κ2) is 8.01. The molecule has 30 heavy (non-hydrogen) atoms. The first-order chi connectivity index (χ1) is 14.5. The Labute approximate surface area is 176 Å². The Balaban J connectivity index is 1.82. The summed E-state index contributed by atoms with van der Waals surface area (Å²) in [6, 6.07) is 10.7. The van der Waals surface area contributed by atoms with Crippen molar-refractivity contribution < 1.29 is 8.78 Å². The zero-order valence-corrected chi connectivity index (χ0v) is 16.5. The van der Waals surface area contributed by atoms with Crippen molar-refractivity contribution in [2.45, 2.75) is 13.0 Å². The van der Waals surface area contributed by atoms with Gasteiger partial charge in [-0.25, -0.2) is 18.7 Å². The van der Waals surface area contributed by atoms with Crippen LogP contribution in [0.15, 0.2) is 55.0 Å². The van der Waals surface area contributed by atoms with Gasteiger partial charge < -0.3 is 5.32 Å². The topological polar surface area (TPSA) is 74.5 Å². The summed E-state index contributed by atoms with van der Waals surface area (Å²) < 4.78 is 28.9. The fourth-order valence-electron chi connectivity index (χ4n) is 3.20. The third kappa shape index (κ3) is 3.65. The zero-order valence-electron chi connectivity index (χ0n) is 15.7. The van der Waals surface area contributed by atoms with E-state index < -0.39 is 11.9 Å². The van der Waals surface area contributed by atoms with Crippen molar-refractivity contribution in [1.29, 1.82) is 5.26 Å². The average molecular weight is 422 g/mol. The monoisotopic (exact) mass is 421 g/mol. The van der Waals surface area contributed by atoms with Crippen LogP contribution in [-0.2, 0) is 0 Å². The molecule has 0 radical (unpaired) electrons. The lowest BCUT2D eigenvalue weighted by Gasteiger charge is -2.19. The van der Waals surface area contributed by atoms with Crippen LogP contribution in [0.2, 0.25) is 5.02 Å². The molecule has 4 rings (SSSR count). The van der Waals surface area contributed by atoms with Gasteiger partial charge in [0.15, 0.2) is 0 Å². The second-order valence-corrected chi connectivity index (χ2v) is 7.03. The number of nitrogens with one attached hydrogen (secondary N) is 1. The summed E-state index contributed by atoms with van der Waals surface area (Å²) in [4.78, 5) is 12.0. The molecule has 0 bridgehead atoms. The van der Waals surface area contributed by atoms with E-state index in [1.54, 1.807) is 31.2 Å². The number of halogens is 3. The molecule has 0 spiro atoms.